The molecule has 0 amide bonds. The van der Waals surface area contributed by atoms with E-state index in [1.54, 1.807) is 25.1 Å². The van der Waals surface area contributed by atoms with Gasteiger partial charge in [-0.05, 0) is 38.0 Å². The summed E-state index contributed by atoms with van der Waals surface area (Å²) in [6, 6.07) is 5.10. The molecule has 3 N–H and O–H groups in total. The van der Waals surface area contributed by atoms with Crippen molar-refractivity contribution in [3.05, 3.63) is 34.6 Å². The summed E-state index contributed by atoms with van der Waals surface area (Å²) >= 11 is 12.1. The number of ether oxygens (including phenoxy) is 1. The molecule has 144 valence electrons. The second-order valence-electron chi connectivity index (χ2n) is 6.28. The van der Waals surface area contributed by atoms with Crippen molar-refractivity contribution in [2.75, 3.05) is 35.6 Å². The molecule has 2 heterocycles. The minimum absolute atomic E-state index is 0.179. The molecule has 1 atom stereocenters. The number of carbonyl (C=O) groups excluding carboxylic acids is 1. The number of nitrogens with zero attached hydrogens (tertiary/aromatic N) is 3. The summed E-state index contributed by atoms with van der Waals surface area (Å²) in [7, 11) is 0. The largest absolute Gasteiger partial charge is 0.466 e. The molecule has 2 aromatic rings. The van der Waals surface area contributed by atoms with Gasteiger partial charge in [0.2, 0.25) is 0 Å². The molecule has 1 fully saturated rings. The lowest BCUT2D eigenvalue weighted by Crippen LogP contribution is -2.40. The standard InChI is InChI=1S/C18H21Cl2N5O2/c1-2-27-18(26)11-4-3-5-25(9-11)17-15(21)16(22-10-23-17)24-14-7-12(19)6-13(20)8-14/h6-8,10-11H,2-5,9,21H2,1H3,(H,22,23,24). The van der Waals surface area contributed by atoms with Crippen LogP contribution < -0.4 is 16.0 Å². The lowest BCUT2D eigenvalue weighted by atomic mass is 9.98. The fourth-order valence-corrected chi connectivity index (χ4v) is 3.65. The number of esters is 1. The van der Waals surface area contributed by atoms with E-state index in [-0.39, 0.29) is 11.9 Å². The second-order valence-corrected chi connectivity index (χ2v) is 7.15. The van der Waals surface area contributed by atoms with Crippen LogP contribution in [-0.2, 0) is 9.53 Å². The highest BCUT2D eigenvalue weighted by Crippen LogP contribution is 2.32. The summed E-state index contributed by atoms with van der Waals surface area (Å²) in [5.74, 6) is 0.684. The average Bonchev–Trinajstić information content (AvgIpc) is 2.63. The van der Waals surface area contributed by atoms with Crippen molar-refractivity contribution in [3.8, 4) is 0 Å². The van der Waals surface area contributed by atoms with E-state index in [1.807, 2.05) is 4.90 Å². The summed E-state index contributed by atoms with van der Waals surface area (Å²) in [6.45, 7) is 3.46. The van der Waals surface area contributed by atoms with Gasteiger partial charge in [-0.3, -0.25) is 4.79 Å². The predicted molar refractivity (Wildman–Crippen MR) is 108 cm³/mol. The van der Waals surface area contributed by atoms with Crippen molar-refractivity contribution in [2.45, 2.75) is 19.8 Å². The first-order chi connectivity index (χ1) is 13.0. The number of carbonyl (C=O) groups is 1. The fraction of sp³-hybridized carbons (Fsp3) is 0.389. The monoisotopic (exact) mass is 409 g/mol. The first-order valence-electron chi connectivity index (χ1n) is 8.73. The van der Waals surface area contributed by atoms with E-state index in [9.17, 15) is 4.79 Å². The number of halogens is 2. The lowest BCUT2D eigenvalue weighted by Gasteiger charge is -2.33. The van der Waals surface area contributed by atoms with Crippen molar-refractivity contribution >= 4 is 52.2 Å². The van der Waals surface area contributed by atoms with Gasteiger partial charge in [0.1, 0.15) is 12.0 Å². The van der Waals surface area contributed by atoms with Gasteiger partial charge in [-0.25, -0.2) is 9.97 Å². The molecule has 1 aliphatic rings. The van der Waals surface area contributed by atoms with Crippen LogP contribution >= 0.6 is 23.2 Å². The van der Waals surface area contributed by atoms with Crippen LogP contribution in [0.3, 0.4) is 0 Å². The summed E-state index contributed by atoms with van der Waals surface area (Å²) in [6.07, 6.45) is 3.10. The molecule has 0 aliphatic carbocycles. The van der Waals surface area contributed by atoms with Crippen molar-refractivity contribution in [2.24, 2.45) is 5.92 Å². The molecule has 0 spiro atoms. The summed E-state index contributed by atoms with van der Waals surface area (Å²) in [5, 5.41) is 4.14. The number of hydrogen-bond acceptors (Lipinski definition) is 7. The van der Waals surface area contributed by atoms with Gasteiger partial charge in [-0.15, -0.1) is 0 Å². The summed E-state index contributed by atoms with van der Waals surface area (Å²) in [5.41, 5.74) is 7.38. The molecule has 1 unspecified atom stereocenters. The minimum Gasteiger partial charge on any atom is -0.466 e. The highest BCUT2D eigenvalue weighted by atomic mass is 35.5. The molecule has 1 aromatic carbocycles. The van der Waals surface area contributed by atoms with Crippen LogP contribution in [0.4, 0.5) is 23.0 Å². The van der Waals surface area contributed by atoms with E-state index in [4.69, 9.17) is 33.7 Å². The number of benzene rings is 1. The van der Waals surface area contributed by atoms with Crippen LogP contribution in [0.25, 0.3) is 0 Å². The Morgan fingerprint density at radius 2 is 2.07 bits per heavy atom. The number of piperidine rings is 1. The van der Waals surface area contributed by atoms with Crippen molar-refractivity contribution in [1.29, 1.82) is 0 Å². The number of nitrogens with two attached hydrogens (primary N) is 1. The molecule has 1 aliphatic heterocycles. The van der Waals surface area contributed by atoms with Gasteiger partial charge >= 0.3 is 5.97 Å². The van der Waals surface area contributed by atoms with Crippen molar-refractivity contribution in [3.63, 3.8) is 0 Å². The van der Waals surface area contributed by atoms with E-state index in [1.165, 1.54) is 6.33 Å². The van der Waals surface area contributed by atoms with Crippen molar-refractivity contribution < 1.29 is 9.53 Å². The number of anilines is 4. The van der Waals surface area contributed by atoms with Crippen LogP contribution in [0.2, 0.25) is 10.0 Å². The van der Waals surface area contributed by atoms with Crippen LogP contribution in [0, 0.1) is 5.92 Å². The Balaban J connectivity index is 1.81. The Morgan fingerprint density at radius 1 is 1.33 bits per heavy atom. The Labute approximate surface area is 167 Å². The highest BCUT2D eigenvalue weighted by Gasteiger charge is 2.29. The third-order valence-corrected chi connectivity index (χ3v) is 4.77. The number of aromatic nitrogens is 2. The van der Waals surface area contributed by atoms with Crippen molar-refractivity contribution in [1.82, 2.24) is 9.97 Å². The Kier molecular flexibility index (Phi) is 6.23. The zero-order chi connectivity index (χ0) is 19.4. The van der Waals surface area contributed by atoms with Gasteiger partial charge in [0.05, 0.1) is 12.5 Å². The Morgan fingerprint density at radius 3 is 2.78 bits per heavy atom. The van der Waals surface area contributed by atoms with Crippen LogP contribution in [-0.4, -0.2) is 35.6 Å². The molecular formula is C18H21Cl2N5O2. The maximum Gasteiger partial charge on any atom is 0.310 e. The molecule has 1 saturated heterocycles. The normalized spacial score (nSPS) is 16.9. The smallest absolute Gasteiger partial charge is 0.310 e. The van der Waals surface area contributed by atoms with E-state index in [2.05, 4.69) is 15.3 Å². The molecule has 7 nitrogen and oxygen atoms in total. The van der Waals surface area contributed by atoms with Crippen LogP contribution in [0.5, 0.6) is 0 Å². The maximum absolute atomic E-state index is 12.1. The molecule has 9 heteroatoms. The van der Waals surface area contributed by atoms with E-state index in [0.29, 0.717) is 46.2 Å². The zero-order valence-electron chi connectivity index (χ0n) is 14.9. The predicted octanol–water partition coefficient (Wildman–Crippen LogP) is 3.89. The molecule has 27 heavy (non-hydrogen) atoms. The first kappa shape index (κ1) is 19.5. The SMILES string of the molecule is CCOC(=O)C1CCCN(c2ncnc(Nc3cc(Cl)cc(Cl)c3)c2N)C1. The van der Waals surface area contributed by atoms with Gasteiger partial charge in [-0.1, -0.05) is 23.2 Å². The van der Waals surface area contributed by atoms with E-state index in [0.717, 1.165) is 19.4 Å². The van der Waals surface area contributed by atoms with Gasteiger partial charge < -0.3 is 20.7 Å². The second kappa shape index (κ2) is 8.63. The minimum atomic E-state index is -0.184. The zero-order valence-corrected chi connectivity index (χ0v) is 16.4. The highest BCUT2D eigenvalue weighted by molar-refractivity contribution is 6.35. The molecule has 0 saturated carbocycles. The Bertz CT molecular complexity index is 813. The first-order valence-corrected chi connectivity index (χ1v) is 9.48. The number of nitrogen functional groups attached to an aromatic ring is 1. The maximum atomic E-state index is 12.1. The van der Waals surface area contributed by atoms with E-state index >= 15 is 0 Å². The number of rotatable bonds is 5. The van der Waals surface area contributed by atoms with Gasteiger partial charge in [0.15, 0.2) is 11.6 Å². The topological polar surface area (TPSA) is 93.4 Å². The van der Waals surface area contributed by atoms with Crippen LogP contribution in [0.1, 0.15) is 19.8 Å². The molecule has 1 aromatic heterocycles. The molecule has 3 rings (SSSR count). The fourth-order valence-electron chi connectivity index (χ4n) is 3.12. The molecule has 0 radical (unpaired) electrons. The number of hydrogen-bond donors (Lipinski definition) is 2. The van der Waals surface area contributed by atoms with Gasteiger partial charge in [0, 0.05) is 28.8 Å². The Hall–Kier alpha value is -2.25. The third kappa shape index (κ3) is 4.73. The van der Waals surface area contributed by atoms with Crippen LogP contribution in [0.15, 0.2) is 24.5 Å². The summed E-state index contributed by atoms with van der Waals surface area (Å²) < 4.78 is 5.15. The lowest BCUT2D eigenvalue weighted by molar-refractivity contribution is -0.148. The average molecular weight is 410 g/mol. The number of nitrogens with one attached hydrogen (secondary N) is 1. The third-order valence-electron chi connectivity index (χ3n) is 4.33. The van der Waals surface area contributed by atoms with Gasteiger partial charge in [0.25, 0.3) is 0 Å². The quantitative estimate of drug-likeness (QED) is 0.723. The van der Waals surface area contributed by atoms with Gasteiger partial charge in [-0.2, -0.15) is 0 Å². The van der Waals surface area contributed by atoms with E-state index < -0.39 is 0 Å². The molecule has 0 bridgehead atoms. The summed E-state index contributed by atoms with van der Waals surface area (Å²) in [4.78, 5) is 22.6. The molecular weight excluding hydrogens is 389 g/mol.